The number of morpholine rings is 1. The standard InChI is InChI=1S/C21H34BN3O5/c1-21(2,3)30-20(27)18(14-15-5-4-6-16(13-15)22-28)24-19(26)17(23)7-8-25-9-11-29-12-10-25/h4-6,13,17-18,22,28H,7-12,14,23H2,1-3H3,(H,24,26)/t17-,18-/m0/s1. The summed E-state index contributed by atoms with van der Waals surface area (Å²) < 4.78 is 10.8. The van der Waals surface area contributed by atoms with E-state index in [1.54, 1.807) is 26.8 Å². The Balaban J connectivity index is 2.01. The summed E-state index contributed by atoms with van der Waals surface area (Å²) in [4.78, 5) is 27.6. The number of esters is 1. The van der Waals surface area contributed by atoms with Crippen LogP contribution in [0.1, 0.15) is 32.8 Å². The third-order valence-electron chi connectivity index (χ3n) is 4.82. The van der Waals surface area contributed by atoms with Gasteiger partial charge in [-0.2, -0.15) is 0 Å². The predicted molar refractivity (Wildman–Crippen MR) is 117 cm³/mol. The summed E-state index contributed by atoms with van der Waals surface area (Å²) in [6.45, 7) is 9.09. The molecule has 1 aromatic rings. The SMILES string of the molecule is CC(C)(C)OC(=O)[C@H](Cc1cccc(BO)c1)NC(=O)[C@@H](N)CCN1CCOCC1. The molecular formula is C21H34BN3O5. The van der Waals surface area contributed by atoms with Crippen molar-refractivity contribution in [2.45, 2.75) is 51.3 Å². The summed E-state index contributed by atoms with van der Waals surface area (Å²) in [6.07, 6.45) is 0.748. The zero-order valence-electron chi connectivity index (χ0n) is 18.2. The summed E-state index contributed by atoms with van der Waals surface area (Å²) in [5.74, 6) is -0.886. The number of rotatable bonds is 9. The highest BCUT2D eigenvalue weighted by Crippen LogP contribution is 2.12. The van der Waals surface area contributed by atoms with Crippen LogP contribution in [0.15, 0.2) is 24.3 Å². The van der Waals surface area contributed by atoms with E-state index in [2.05, 4.69) is 10.2 Å². The summed E-state index contributed by atoms with van der Waals surface area (Å²) >= 11 is 0. The highest BCUT2D eigenvalue weighted by molar-refractivity contribution is 6.45. The van der Waals surface area contributed by atoms with Gasteiger partial charge in [0.25, 0.3) is 0 Å². The number of amides is 1. The van der Waals surface area contributed by atoms with Gasteiger partial charge < -0.3 is 25.5 Å². The number of nitrogens with one attached hydrogen (secondary N) is 1. The molecule has 0 aromatic heterocycles. The van der Waals surface area contributed by atoms with E-state index in [4.69, 9.17) is 15.2 Å². The normalized spacial score (nSPS) is 17.1. The first-order valence-corrected chi connectivity index (χ1v) is 10.5. The quantitative estimate of drug-likeness (QED) is 0.350. The summed E-state index contributed by atoms with van der Waals surface area (Å²) in [5.41, 5.74) is 6.98. The minimum Gasteiger partial charge on any atom is -0.458 e. The van der Waals surface area contributed by atoms with E-state index < -0.39 is 23.7 Å². The van der Waals surface area contributed by atoms with E-state index in [-0.39, 0.29) is 19.8 Å². The number of nitrogens with two attached hydrogens (primary N) is 1. The van der Waals surface area contributed by atoms with Crippen LogP contribution in [-0.4, -0.2) is 79.8 Å². The predicted octanol–water partition coefficient (Wildman–Crippen LogP) is -0.926. The van der Waals surface area contributed by atoms with Gasteiger partial charge in [0, 0.05) is 26.1 Å². The van der Waals surface area contributed by atoms with Gasteiger partial charge in [-0.3, -0.25) is 9.69 Å². The molecule has 0 saturated carbocycles. The summed E-state index contributed by atoms with van der Waals surface area (Å²) in [6, 6.07) is 5.68. The van der Waals surface area contributed by atoms with Gasteiger partial charge in [0.2, 0.25) is 5.91 Å². The lowest BCUT2D eigenvalue weighted by atomic mass is 9.87. The van der Waals surface area contributed by atoms with Crippen LogP contribution >= 0.6 is 0 Å². The number of hydrogen-bond donors (Lipinski definition) is 3. The average Bonchev–Trinajstić information content (AvgIpc) is 2.71. The average molecular weight is 419 g/mol. The maximum absolute atomic E-state index is 12.7. The van der Waals surface area contributed by atoms with Gasteiger partial charge in [0.1, 0.15) is 11.6 Å². The first-order valence-electron chi connectivity index (χ1n) is 10.5. The second-order valence-corrected chi connectivity index (χ2v) is 8.63. The van der Waals surface area contributed by atoms with Crippen LogP contribution in [0, 0.1) is 0 Å². The highest BCUT2D eigenvalue weighted by atomic mass is 16.6. The zero-order valence-corrected chi connectivity index (χ0v) is 18.2. The molecule has 30 heavy (non-hydrogen) atoms. The maximum Gasteiger partial charge on any atom is 0.329 e. The van der Waals surface area contributed by atoms with Crippen LogP contribution in [0.2, 0.25) is 0 Å². The van der Waals surface area contributed by atoms with Crippen LogP contribution < -0.4 is 16.5 Å². The molecular weight excluding hydrogens is 385 g/mol. The fourth-order valence-corrected chi connectivity index (χ4v) is 3.21. The van der Waals surface area contributed by atoms with E-state index in [1.807, 2.05) is 18.2 Å². The second kappa shape index (κ2) is 11.5. The Bertz CT molecular complexity index is 704. The molecule has 166 valence electrons. The molecule has 9 heteroatoms. The molecule has 0 spiro atoms. The molecule has 1 fully saturated rings. The van der Waals surface area contributed by atoms with Gasteiger partial charge in [-0.25, -0.2) is 4.79 Å². The van der Waals surface area contributed by atoms with Crippen LogP contribution in [-0.2, 0) is 25.5 Å². The van der Waals surface area contributed by atoms with Crippen molar-refractivity contribution in [1.29, 1.82) is 0 Å². The lowest BCUT2D eigenvalue weighted by Crippen LogP contribution is -2.51. The minimum absolute atomic E-state index is 0.0935. The molecule has 8 nitrogen and oxygen atoms in total. The molecule has 0 unspecified atom stereocenters. The van der Waals surface area contributed by atoms with Crippen molar-refractivity contribution < 1.29 is 24.1 Å². The van der Waals surface area contributed by atoms with Crippen molar-refractivity contribution >= 4 is 24.8 Å². The Morgan fingerprint density at radius 2 is 2.03 bits per heavy atom. The number of hydrogen-bond acceptors (Lipinski definition) is 7. The monoisotopic (exact) mass is 419 g/mol. The molecule has 2 atom stereocenters. The molecule has 0 radical (unpaired) electrons. The number of carbonyl (C=O) groups is 2. The van der Waals surface area contributed by atoms with Gasteiger partial charge >= 0.3 is 13.5 Å². The molecule has 1 aliphatic rings. The van der Waals surface area contributed by atoms with Gasteiger partial charge in [0.05, 0.1) is 19.3 Å². The van der Waals surface area contributed by atoms with Gasteiger partial charge in [-0.05, 0) is 32.8 Å². The van der Waals surface area contributed by atoms with E-state index in [0.29, 0.717) is 26.2 Å². The minimum atomic E-state index is -0.861. The molecule has 1 aliphatic heterocycles. The van der Waals surface area contributed by atoms with Crippen LogP contribution in [0.25, 0.3) is 0 Å². The number of nitrogens with zero attached hydrogens (tertiary/aromatic N) is 1. The van der Waals surface area contributed by atoms with Gasteiger partial charge in [-0.15, -0.1) is 0 Å². The third kappa shape index (κ3) is 8.43. The number of ether oxygens (including phenoxy) is 2. The van der Waals surface area contributed by atoms with Crippen LogP contribution in [0.4, 0.5) is 0 Å². The lowest BCUT2D eigenvalue weighted by molar-refractivity contribution is -0.158. The Morgan fingerprint density at radius 1 is 1.33 bits per heavy atom. The van der Waals surface area contributed by atoms with E-state index in [0.717, 1.165) is 24.1 Å². The lowest BCUT2D eigenvalue weighted by Gasteiger charge is -2.28. The molecule has 2 rings (SSSR count). The summed E-state index contributed by atoms with van der Waals surface area (Å²) in [7, 11) is -0.0935. The van der Waals surface area contributed by atoms with E-state index in [9.17, 15) is 14.6 Å². The molecule has 1 heterocycles. The topological polar surface area (TPSA) is 114 Å². The summed E-state index contributed by atoms with van der Waals surface area (Å²) in [5, 5.41) is 12.1. The van der Waals surface area contributed by atoms with Crippen LogP contribution in [0.5, 0.6) is 0 Å². The van der Waals surface area contributed by atoms with Crippen LogP contribution in [0.3, 0.4) is 0 Å². The number of carbonyl (C=O) groups excluding carboxylic acids is 2. The zero-order chi connectivity index (χ0) is 22.1. The molecule has 4 N–H and O–H groups in total. The molecule has 1 aromatic carbocycles. The van der Waals surface area contributed by atoms with E-state index in [1.165, 1.54) is 0 Å². The Hall–Kier alpha value is -1.94. The number of benzene rings is 1. The van der Waals surface area contributed by atoms with Crippen molar-refractivity contribution in [2.24, 2.45) is 5.73 Å². The maximum atomic E-state index is 12.7. The molecule has 1 amide bonds. The first kappa shape index (κ1) is 24.3. The van der Waals surface area contributed by atoms with Crippen molar-refractivity contribution in [2.75, 3.05) is 32.8 Å². The van der Waals surface area contributed by atoms with Crippen molar-refractivity contribution in [3.05, 3.63) is 29.8 Å². The fraction of sp³-hybridized carbons (Fsp3) is 0.619. The van der Waals surface area contributed by atoms with Crippen molar-refractivity contribution in [3.63, 3.8) is 0 Å². The van der Waals surface area contributed by atoms with E-state index >= 15 is 0 Å². The largest absolute Gasteiger partial charge is 0.458 e. The Kier molecular flexibility index (Phi) is 9.29. The second-order valence-electron chi connectivity index (χ2n) is 8.63. The third-order valence-corrected chi connectivity index (χ3v) is 4.82. The van der Waals surface area contributed by atoms with Gasteiger partial charge in [0.15, 0.2) is 0 Å². The van der Waals surface area contributed by atoms with Crippen molar-refractivity contribution in [1.82, 2.24) is 10.2 Å². The Labute approximate surface area is 179 Å². The molecule has 0 bridgehead atoms. The molecule has 1 saturated heterocycles. The van der Waals surface area contributed by atoms with Gasteiger partial charge in [-0.1, -0.05) is 29.7 Å². The fourth-order valence-electron chi connectivity index (χ4n) is 3.21. The highest BCUT2D eigenvalue weighted by Gasteiger charge is 2.29. The smallest absolute Gasteiger partial charge is 0.329 e. The first-order chi connectivity index (χ1) is 14.2. The Morgan fingerprint density at radius 3 is 2.67 bits per heavy atom. The molecule has 0 aliphatic carbocycles. The van der Waals surface area contributed by atoms with Crippen molar-refractivity contribution in [3.8, 4) is 0 Å².